The molecule has 0 fully saturated rings. The maximum atomic E-state index is 13.4. The molecule has 32 heavy (non-hydrogen) atoms. The van der Waals surface area contributed by atoms with Crippen LogP contribution in [0.3, 0.4) is 0 Å². The Bertz CT molecular complexity index is 1390. The fourth-order valence-corrected chi connectivity index (χ4v) is 3.54. The van der Waals surface area contributed by atoms with E-state index < -0.39 is 11.4 Å². The normalized spacial score (nSPS) is 10.8. The van der Waals surface area contributed by atoms with Crippen molar-refractivity contribution < 1.29 is 23.4 Å². The lowest BCUT2D eigenvalue weighted by Crippen LogP contribution is -2.16. The van der Waals surface area contributed by atoms with Crippen molar-refractivity contribution in [1.29, 1.82) is 0 Å². The van der Waals surface area contributed by atoms with Crippen molar-refractivity contribution in [2.24, 2.45) is 0 Å². The molecule has 0 unspecified atom stereocenters. The zero-order valence-corrected chi connectivity index (χ0v) is 18.4. The Morgan fingerprint density at radius 1 is 0.938 bits per heavy atom. The smallest absolute Gasteiger partial charge is 0.343 e. The van der Waals surface area contributed by atoms with Crippen LogP contribution in [0.1, 0.15) is 15.9 Å². The van der Waals surface area contributed by atoms with Gasteiger partial charge in [-0.3, -0.25) is 4.79 Å². The fraction of sp³-hybridized carbons (Fsp3) is 0.120. The second-order valence-electron chi connectivity index (χ2n) is 7.03. The van der Waals surface area contributed by atoms with Crippen LogP contribution >= 0.6 is 11.6 Å². The van der Waals surface area contributed by atoms with Crippen LogP contribution in [0.15, 0.2) is 69.9 Å². The summed E-state index contributed by atoms with van der Waals surface area (Å²) in [6.07, 6.45) is 0. The first-order chi connectivity index (χ1) is 15.4. The predicted octanol–water partition coefficient (Wildman–Crippen LogP) is 5.66. The summed E-state index contributed by atoms with van der Waals surface area (Å²) < 4.78 is 22.1. The van der Waals surface area contributed by atoms with Gasteiger partial charge >= 0.3 is 5.97 Å². The number of fused-ring (bicyclic) bond motifs is 1. The molecule has 0 atom stereocenters. The van der Waals surface area contributed by atoms with Crippen LogP contribution in [-0.2, 0) is 0 Å². The van der Waals surface area contributed by atoms with Crippen molar-refractivity contribution in [3.63, 3.8) is 0 Å². The molecular weight excluding hydrogens is 432 g/mol. The van der Waals surface area contributed by atoms with E-state index in [1.54, 1.807) is 42.5 Å². The van der Waals surface area contributed by atoms with Crippen molar-refractivity contribution in [3.05, 3.63) is 87.0 Å². The van der Waals surface area contributed by atoms with Gasteiger partial charge in [-0.2, -0.15) is 0 Å². The van der Waals surface area contributed by atoms with Crippen molar-refractivity contribution in [3.8, 4) is 28.6 Å². The molecular formula is C25H19ClO6. The molecule has 0 amide bonds. The molecule has 4 aromatic rings. The molecule has 162 valence electrons. The number of carbonyl (C=O) groups is 1. The van der Waals surface area contributed by atoms with Gasteiger partial charge in [0.25, 0.3) is 0 Å². The zero-order valence-electron chi connectivity index (χ0n) is 17.6. The first kappa shape index (κ1) is 21.5. The van der Waals surface area contributed by atoms with E-state index in [-0.39, 0.29) is 17.1 Å². The van der Waals surface area contributed by atoms with Crippen LogP contribution in [-0.4, -0.2) is 20.2 Å². The molecule has 0 aliphatic rings. The van der Waals surface area contributed by atoms with Crippen LogP contribution in [0.5, 0.6) is 17.2 Å². The van der Waals surface area contributed by atoms with Crippen molar-refractivity contribution in [2.75, 3.05) is 14.2 Å². The Hall–Kier alpha value is -3.77. The third-order valence-corrected chi connectivity index (χ3v) is 5.27. The SMILES string of the molecule is COc1ccc(C(=O)Oc2c(-c3ccccc3Cl)oc3ccc(C)cc3c2=O)cc1OC. The molecule has 4 rings (SSSR count). The van der Waals surface area contributed by atoms with E-state index in [0.29, 0.717) is 33.1 Å². The summed E-state index contributed by atoms with van der Waals surface area (Å²) in [4.78, 5) is 26.3. The third-order valence-electron chi connectivity index (χ3n) is 4.94. The predicted molar refractivity (Wildman–Crippen MR) is 122 cm³/mol. The minimum atomic E-state index is -0.751. The summed E-state index contributed by atoms with van der Waals surface area (Å²) in [5, 5.41) is 0.654. The molecule has 0 aliphatic carbocycles. The number of benzene rings is 3. The van der Waals surface area contributed by atoms with Gasteiger partial charge in [0, 0.05) is 5.56 Å². The van der Waals surface area contributed by atoms with Gasteiger partial charge in [-0.15, -0.1) is 0 Å². The van der Waals surface area contributed by atoms with Gasteiger partial charge in [0.1, 0.15) is 5.58 Å². The largest absolute Gasteiger partial charge is 0.493 e. The van der Waals surface area contributed by atoms with Crippen LogP contribution < -0.4 is 19.6 Å². The van der Waals surface area contributed by atoms with Crippen LogP contribution in [0.2, 0.25) is 5.02 Å². The quantitative estimate of drug-likeness (QED) is 0.365. The third kappa shape index (κ3) is 3.92. The minimum Gasteiger partial charge on any atom is -0.493 e. The summed E-state index contributed by atoms with van der Waals surface area (Å²) in [5.74, 6) is -0.101. The molecule has 0 saturated carbocycles. The van der Waals surface area contributed by atoms with E-state index in [2.05, 4.69) is 0 Å². The highest BCUT2D eigenvalue weighted by Gasteiger charge is 2.23. The average Bonchev–Trinajstić information content (AvgIpc) is 2.81. The summed E-state index contributed by atoms with van der Waals surface area (Å²) in [7, 11) is 2.96. The first-order valence-electron chi connectivity index (χ1n) is 9.69. The van der Waals surface area contributed by atoms with Crippen molar-refractivity contribution >= 4 is 28.5 Å². The van der Waals surface area contributed by atoms with Gasteiger partial charge in [-0.25, -0.2) is 4.79 Å². The van der Waals surface area contributed by atoms with Crippen molar-refractivity contribution in [1.82, 2.24) is 0 Å². The molecule has 3 aromatic carbocycles. The highest BCUT2D eigenvalue weighted by Crippen LogP contribution is 2.36. The van der Waals surface area contributed by atoms with Gasteiger partial charge in [-0.1, -0.05) is 35.4 Å². The molecule has 7 heteroatoms. The Labute approximate surface area is 188 Å². The molecule has 6 nitrogen and oxygen atoms in total. The molecule has 0 N–H and O–H groups in total. The lowest BCUT2D eigenvalue weighted by Gasteiger charge is -2.13. The highest BCUT2D eigenvalue weighted by molar-refractivity contribution is 6.33. The Morgan fingerprint density at radius 3 is 2.41 bits per heavy atom. The van der Waals surface area contributed by atoms with Crippen LogP contribution in [0.25, 0.3) is 22.3 Å². The number of carbonyl (C=O) groups excluding carboxylic acids is 1. The molecule has 0 aliphatic heterocycles. The monoisotopic (exact) mass is 450 g/mol. The first-order valence-corrected chi connectivity index (χ1v) is 10.1. The van der Waals surface area contributed by atoms with E-state index in [1.165, 1.54) is 26.4 Å². The number of hydrogen-bond donors (Lipinski definition) is 0. The molecule has 0 radical (unpaired) electrons. The summed E-state index contributed by atoms with van der Waals surface area (Å²) in [6, 6.07) is 16.6. The molecule has 0 spiro atoms. The van der Waals surface area contributed by atoms with E-state index in [1.807, 2.05) is 13.0 Å². The Kier molecular flexibility index (Phi) is 5.88. The maximum Gasteiger partial charge on any atom is 0.343 e. The average molecular weight is 451 g/mol. The summed E-state index contributed by atoms with van der Waals surface area (Å²) in [5.41, 5.74) is 1.37. The van der Waals surface area contributed by atoms with Gasteiger partial charge in [-0.05, 0) is 49.4 Å². The maximum absolute atomic E-state index is 13.4. The van der Waals surface area contributed by atoms with Crippen molar-refractivity contribution in [2.45, 2.75) is 6.92 Å². The zero-order chi connectivity index (χ0) is 22.8. The molecule has 1 aromatic heterocycles. The number of aryl methyl sites for hydroxylation is 1. The second-order valence-corrected chi connectivity index (χ2v) is 7.44. The number of methoxy groups -OCH3 is 2. The topological polar surface area (TPSA) is 75.0 Å². The van der Waals surface area contributed by atoms with Crippen LogP contribution in [0.4, 0.5) is 0 Å². The number of halogens is 1. The lowest BCUT2D eigenvalue weighted by atomic mass is 10.1. The fourth-order valence-electron chi connectivity index (χ4n) is 3.32. The summed E-state index contributed by atoms with van der Waals surface area (Å²) in [6.45, 7) is 1.86. The molecule has 0 saturated heterocycles. The van der Waals surface area contributed by atoms with Gasteiger partial charge in [0.05, 0.1) is 30.2 Å². The Morgan fingerprint density at radius 2 is 1.69 bits per heavy atom. The van der Waals surface area contributed by atoms with E-state index >= 15 is 0 Å². The van der Waals surface area contributed by atoms with Gasteiger partial charge in [0.15, 0.2) is 17.3 Å². The second kappa shape index (κ2) is 8.77. The summed E-state index contributed by atoms with van der Waals surface area (Å²) >= 11 is 6.35. The number of rotatable bonds is 5. The number of ether oxygens (including phenoxy) is 3. The highest BCUT2D eigenvalue weighted by atomic mass is 35.5. The van der Waals surface area contributed by atoms with E-state index in [4.69, 9.17) is 30.2 Å². The Balaban J connectivity index is 1.88. The molecule has 1 heterocycles. The molecule has 0 bridgehead atoms. The van der Waals surface area contributed by atoms with Gasteiger partial charge in [0.2, 0.25) is 11.2 Å². The lowest BCUT2D eigenvalue weighted by molar-refractivity contribution is 0.0731. The standard InChI is InChI=1S/C25H19ClO6/c1-14-8-10-19-17(12-14)22(27)24(23(31-19)16-6-4-5-7-18(16)26)32-25(28)15-9-11-20(29-2)21(13-15)30-3/h4-13H,1-3H3. The number of esters is 1. The van der Waals surface area contributed by atoms with Crippen LogP contribution in [0, 0.1) is 6.92 Å². The van der Waals surface area contributed by atoms with Gasteiger partial charge < -0.3 is 18.6 Å². The number of hydrogen-bond acceptors (Lipinski definition) is 6. The van der Waals surface area contributed by atoms with E-state index in [0.717, 1.165) is 5.56 Å². The van der Waals surface area contributed by atoms with E-state index in [9.17, 15) is 9.59 Å². The minimum absolute atomic E-state index is 0.0748.